The maximum Gasteiger partial charge on any atom is 0.306 e. The Hall–Kier alpha value is -1.64. The van der Waals surface area contributed by atoms with E-state index in [4.69, 9.17) is 4.74 Å². The lowest BCUT2D eigenvalue weighted by atomic mass is 10.0. The van der Waals surface area contributed by atoms with E-state index in [0.717, 1.165) is 5.56 Å². The molecule has 1 aromatic carbocycles. The summed E-state index contributed by atoms with van der Waals surface area (Å²) in [5.41, 5.74) is 1.67. The van der Waals surface area contributed by atoms with Crippen LogP contribution in [0.25, 0.3) is 0 Å². The van der Waals surface area contributed by atoms with Gasteiger partial charge in [-0.3, -0.25) is 9.59 Å². The standard InChI is InChI=1S/C13H16O3/c1-3-16-13(15)8-7-11-5-4-6-12(9-11)10(2)14/h4-6,9H,3,7-8H2,1-2H3. The Morgan fingerprint density at radius 1 is 1.31 bits per heavy atom. The number of rotatable bonds is 5. The highest BCUT2D eigenvalue weighted by Gasteiger charge is 2.04. The van der Waals surface area contributed by atoms with Crippen molar-refractivity contribution in [3.63, 3.8) is 0 Å². The van der Waals surface area contributed by atoms with Gasteiger partial charge in [0.05, 0.1) is 6.61 Å². The molecule has 86 valence electrons. The second-order valence-electron chi connectivity index (χ2n) is 3.56. The van der Waals surface area contributed by atoms with Gasteiger partial charge in [-0.25, -0.2) is 0 Å². The van der Waals surface area contributed by atoms with Gasteiger partial charge >= 0.3 is 5.97 Å². The lowest BCUT2D eigenvalue weighted by molar-refractivity contribution is -0.143. The first kappa shape index (κ1) is 12.4. The Morgan fingerprint density at radius 2 is 2.06 bits per heavy atom. The molecular formula is C13H16O3. The third-order valence-corrected chi connectivity index (χ3v) is 2.26. The normalized spacial score (nSPS) is 9.88. The summed E-state index contributed by atoms with van der Waals surface area (Å²) < 4.78 is 4.84. The molecule has 0 saturated carbocycles. The topological polar surface area (TPSA) is 43.4 Å². The van der Waals surface area contributed by atoms with Gasteiger partial charge in [0.1, 0.15) is 0 Å². The summed E-state index contributed by atoms with van der Waals surface area (Å²) in [5.74, 6) is -0.159. The highest BCUT2D eigenvalue weighted by atomic mass is 16.5. The van der Waals surface area contributed by atoms with E-state index in [0.29, 0.717) is 25.0 Å². The molecule has 1 rings (SSSR count). The monoisotopic (exact) mass is 220 g/mol. The van der Waals surface area contributed by atoms with Gasteiger partial charge in [0, 0.05) is 12.0 Å². The van der Waals surface area contributed by atoms with Crippen LogP contribution in [0, 0.1) is 0 Å². The van der Waals surface area contributed by atoms with Gasteiger partial charge in [-0.05, 0) is 31.9 Å². The lowest BCUT2D eigenvalue weighted by Gasteiger charge is -2.03. The van der Waals surface area contributed by atoms with Crippen LogP contribution in [-0.2, 0) is 16.0 Å². The van der Waals surface area contributed by atoms with Crippen molar-refractivity contribution in [1.29, 1.82) is 0 Å². The molecule has 0 fully saturated rings. The Kier molecular flexibility index (Phi) is 4.70. The Balaban J connectivity index is 2.57. The first-order valence-electron chi connectivity index (χ1n) is 5.39. The summed E-state index contributed by atoms with van der Waals surface area (Å²) in [4.78, 5) is 22.3. The van der Waals surface area contributed by atoms with Crippen molar-refractivity contribution in [2.75, 3.05) is 6.61 Å². The lowest BCUT2D eigenvalue weighted by Crippen LogP contribution is -2.05. The van der Waals surface area contributed by atoms with Gasteiger partial charge < -0.3 is 4.74 Å². The predicted octanol–water partition coefficient (Wildman–Crippen LogP) is 2.38. The molecule has 0 aliphatic heterocycles. The van der Waals surface area contributed by atoms with Crippen molar-refractivity contribution in [2.24, 2.45) is 0 Å². The zero-order valence-electron chi connectivity index (χ0n) is 9.66. The van der Waals surface area contributed by atoms with Gasteiger partial charge in [-0.2, -0.15) is 0 Å². The second-order valence-corrected chi connectivity index (χ2v) is 3.56. The van der Waals surface area contributed by atoms with E-state index in [1.54, 1.807) is 13.0 Å². The van der Waals surface area contributed by atoms with Crippen LogP contribution in [0.2, 0.25) is 0 Å². The molecule has 1 aromatic rings. The Morgan fingerprint density at radius 3 is 2.69 bits per heavy atom. The molecule has 3 nitrogen and oxygen atoms in total. The highest BCUT2D eigenvalue weighted by molar-refractivity contribution is 5.94. The zero-order valence-corrected chi connectivity index (χ0v) is 9.66. The molecule has 0 unspecified atom stereocenters. The fourth-order valence-corrected chi connectivity index (χ4v) is 1.43. The smallest absolute Gasteiger partial charge is 0.306 e. The molecule has 0 aliphatic rings. The molecular weight excluding hydrogens is 204 g/mol. The SMILES string of the molecule is CCOC(=O)CCc1cccc(C(C)=O)c1. The summed E-state index contributed by atoms with van der Waals surface area (Å²) in [6, 6.07) is 7.33. The fourth-order valence-electron chi connectivity index (χ4n) is 1.43. The summed E-state index contributed by atoms with van der Waals surface area (Å²) in [6.07, 6.45) is 0.967. The number of hydrogen-bond acceptors (Lipinski definition) is 3. The van der Waals surface area contributed by atoms with Crippen molar-refractivity contribution in [3.8, 4) is 0 Å². The fraction of sp³-hybridized carbons (Fsp3) is 0.385. The quantitative estimate of drug-likeness (QED) is 0.565. The van der Waals surface area contributed by atoms with Crippen LogP contribution in [-0.4, -0.2) is 18.4 Å². The van der Waals surface area contributed by atoms with Crippen molar-refractivity contribution in [1.82, 2.24) is 0 Å². The number of hydrogen-bond donors (Lipinski definition) is 0. The van der Waals surface area contributed by atoms with Gasteiger partial charge in [0.25, 0.3) is 0 Å². The number of ether oxygens (including phenoxy) is 1. The number of aryl methyl sites for hydroxylation is 1. The summed E-state index contributed by atoms with van der Waals surface area (Å²) in [6.45, 7) is 3.73. The Labute approximate surface area is 95.4 Å². The third kappa shape index (κ3) is 3.85. The Bertz CT molecular complexity index is 383. The van der Waals surface area contributed by atoms with Crippen molar-refractivity contribution >= 4 is 11.8 Å². The van der Waals surface area contributed by atoms with Gasteiger partial charge in [0.2, 0.25) is 0 Å². The largest absolute Gasteiger partial charge is 0.466 e. The number of carbonyl (C=O) groups is 2. The minimum atomic E-state index is -0.198. The average Bonchev–Trinajstić information content (AvgIpc) is 2.27. The number of carbonyl (C=O) groups excluding carboxylic acids is 2. The van der Waals surface area contributed by atoms with Crippen LogP contribution in [0.15, 0.2) is 24.3 Å². The molecule has 16 heavy (non-hydrogen) atoms. The van der Waals surface area contributed by atoms with E-state index in [1.807, 2.05) is 18.2 Å². The van der Waals surface area contributed by atoms with Crippen LogP contribution in [0.3, 0.4) is 0 Å². The van der Waals surface area contributed by atoms with Crippen molar-refractivity contribution in [3.05, 3.63) is 35.4 Å². The molecule has 0 aliphatic carbocycles. The van der Waals surface area contributed by atoms with E-state index in [2.05, 4.69) is 0 Å². The molecule has 0 aromatic heterocycles. The van der Waals surface area contributed by atoms with Crippen molar-refractivity contribution in [2.45, 2.75) is 26.7 Å². The molecule has 0 saturated heterocycles. The number of esters is 1. The minimum Gasteiger partial charge on any atom is -0.466 e. The van der Waals surface area contributed by atoms with E-state index in [-0.39, 0.29) is 11.8 Å². The third-order valence-electron chi connectivity index (χ3n) is 2.26. The number of benzene rings is 1. The highest BCUT2D eigenvalue weighted by Crippen LogP contribution is 2.08. The first-order chi connectivity index (χ1) is 7.63. The van der Waals surface area contributed by atoms with Crippen LogP contribution in [0.4, 0.5) is 0 Å². The van der Waals surface area contributed by atoms with E-state index in [9.17, 15) is 9.59 Å². The molecule has 0 heterocycles. The molecule has 0 spiro atoms. The molecule has 0 atom stereocenters. The molecule has 0 amide bonds. The molecule has 3 heteroatoms. The molecule has 0 bridgehead atoms. The van der Waals surface area contributed by atoms with Gasteiger partial charge in [-0.1, -0.05) is 18.2 Å². The maximum absolute atomic E-state index is 11.1. The van der Waals surface area contributed by atoms with E-state index < -0.39 is 0 Å². The minimum absolute atomic E-state index is 0.0398. The number of Topliss-reactive ketones (excluding diaryl/α,β-unsaturated/α-hetero) is 1. The molecule has 0 radical (unpaired) electrons. The second kappa shape index (κ2) is 6.05. The maximum atomic E-state index is 11.1. The van der Waals surface area contributed by atoms with Crippen LogP contribution in [0.1, 0.15) is 36.2 Å². The first-order valence-corrected chi connectivity index (χ1v) is 5.39. The van der Waals surface area contributed by atoms with Crippen LogP contribution < -0.4 is 0 Å². The van der Waals surface area contributed by atoms with Crippen LogP contribution >= 0.6 is 0 Å². The summed E-state index contributed by atoms with van der Waals surface area (Å²) in [5, 5.41) is 0. The van der Waals surface area contributed by atoms with Crippen molar-refractivity contribution < 1.29 is 14.3 Å². The van der Waals surface area contributed by atoms with Crippen LogP contribution in [0.5, 0.6) is 0 Å². The zero-order chi connectivity index (χ0) is 12.0. The molecule has 0 N–H and O–H groups in total. The summed E-state index contributed by atoms with van der Waals surface area (Å²) in [7, 11) is 0. The predicted molar refractivity (Wildman–Crippen MR) is 61.4 cm³/mol. The van der Waals surface area contributed by atoms with Gasteiger partial charge in [-0.15, -0.1) is 0 Å². The number of ketones is 1. The van der Waals surface area contributed by atoms with E-state index >= 15 is 0 Å². The van der Waals surface area contributed by atoms with E-state index in [1.165, 1.54) is 6.92 Å². The average molecular weight is 220 g/mol. The summed E-state index contributed by atoms with van der Waals surface area (Å²) >= 11 is 0. The van der Waals surface area contributed by atoms with Gasteiger partial charge in [0.15, 0.2) is 5.78 Å².